The Kier molecular flexibility index (Phi) is 3.89. The SMILES string of the molecule is NCCN(c1ccc([N+](=O)[O-])cc1)C(F)(F)F. The molecule has 0 saturated heterocycles. The van der Waals surface area contributed by atoms with Gasteiger partial charge in [-0.05, 0) is 12.1 Å². The van der Waals surface area contributed by atoms with E-state index >= 15 is 0 Å². The van der Waals surface area contributed by atoms with Gasteiger partial charge >= 0.3 is 6.30 Å². The van der Waals surface area contributed by atoms with E-state index in [0.717, 1.165) is 24.3 Å². The van der Waals surface area contributed by atoms with Gasteiger partial charge in [-0.15, -0.1) is 0 Å². The Hall–Kier alpha value is -1.83. The second-order valence-electron chi connectivity index (χ2n) is 3.18. The zero-order valence-corrected chi connectivity index (χ0v) is 8.65. The molecule has 0 bridgehead atoms. The molecule has 0 unspecified atom stereocenters. The minimum Gasteiger partial charge on any atom is -0.329 e. The van der Waals surface area contributed by atoms with Gasteiger partial charge in [0.25, 0.3) is 5.69 Å². The van der Waals surface area contributed by atoms with Crippen LogP contribution < -0.4 is 10.6 Å². The number of nitro benzene ring substituents is 1. The van der Waals surface area contributed by atoms with Crippen LogP contribution in [-0.4, -0.2) is 24.3 Å². The van der Waals surface area contributed by atoms with Gasteiger partial charge in [-0.2, -0.15) is 13.2 Å². The number of rotatable bonds is 4. The molecule has 2 N–H and O–H groups in total. The molecule has 0 aliphatic carbocycles. The number of hydrogen-bond acceptors (Lipinski definition) is 4. The van der Waals surface area contributed by atoms with Crippen LogP contribution in [0.4, 0.5) is 24.5 Å². The van der Waals surface area contributed by atoms with E-state index < -0.39 is 17.8 Å². The molecule has 8 heteroatoms. The lowest BCUT2D eigenvalue weighted by Gasteiger charge is -2.26. The van der Waals surface area contributed by atoms with Crippen molar-refractivity contribution < 1.29 is 18.1 Å². The highest BCUT2D eigenvalue weighted by atomic mass is 19.4. The predicted octanol–water partition coefficient (Wildman–Crippen LogP) is 1.88. The molecule has 1 rings (SSSR count). The molecule has 0 aliphatic heterocycles. The number of nitrogens with two attached hydrogens (primary N) is 1. The van der Waals surface area contributed by atoms with Crippen molar-refractivity contribution in [2.24, 2.45) is 5.73 Å². The number of nitro groups is 1. The van der Waals surface area contributed by atoms with Gasteiger partial charge in [0.05, 0.1) is 4.92 Å². The van der Waals surface area contributed by atoms with Crippen molar-refractivity contribution in [2.45, 2.75) is 6.30 Å². The third-order valence-electron chi connectivity index (χ3n) is 2.03. The Balaban J connectivity index is 2.99. The van der Waals surface area contributed by atoms with E-state index in [2.05, 4.69) is 0 Å². The fourth-order valence-electron chi connectivity index (χ4n) is 1.29. The van der Waals surface area contributed by atoms with Crippen LogP contribution in [0.25, 0.3) is 0 Å². The number of non-ortho nitro benzene ring substituents is 1. The zero-order chi connectivity index (χ0) is 13.1. The van der Waals surface area contributed by atoms with Gasteiger partial charge in [-0.1, -0.05) is 0 Å². The molecule has 0 aromatic heterocycles. The quantitative estimate of drug-likeness (QED) is 0.502. The number of alkyl halides is 3. The first-order chi connectivity index (χ1) is 7.86. The van der Waals surface area contributed by atoms with Crippen molar-refractivity contribution in [2.75, 3.05) is 18.0 Å². The number of hydrogen-bond donors (Lipinski definition) is 1. The molecule has 17 heavy (non-hydrogen) atoms. The summed E-state index contributed by atoms with van der Waals surface area (Å²) in [4.78, 5) is 9.81. The van der Waals surface area contributed by atoms with E-state index in [4.69, 9.17) is 5.73 Å². The summed E-state index contributed by atoms with van der Waals surface area (Å²) in [6.45, 7) is -0.572. The van der Waals surface area contributed by atoms with E-state index in [1.807, 2.05) is 0 Å². The molecule has 1 aromatic carbocycles. The number of anilines is 1. The monoisotopic (exact) mass is 249 g/mol. The molecule has 5 nitrogen and oxygen atoms in total. The Morgan fingerprint density at radius 2 is 1.82 bits per heavy atom. The summed E-state index contributed by atoms with van der Waals surface area (Å²) >= 11 is 0. The Bertz CT molecular complexity index is 391. The molecular weight excluding hydrogens is 239 g/mol. The van der Waals surface area contributed by atoms with Crippen molar-refractivity contribution in [1.82, 2.24) is 0 Å². The van der Waals surface area contributed by atoms with Crippen LogP contribution in [0.1, 0.15) is 0 Å². The van der Waals surface area contributed by atoms with Crippen LogP contribution in [0, 0.1) is 10.1 Å². The summed E-state index contributed by atoms with van der Waals surface area (Å²) in [6, 6.07) is 4.12. The van der Waals surface area contributed by atoms with Crippen molar-refractivity contribution in [3.8, 4) is 0 Å². The third kappa shape index (κ3) is 3.31. The lowest BCUT2D eigenvalue weighted by Crippen LogP contribution is -2.41. The highest BCUT2D eigenvalue weighted by molar-refractivity contribution is 5.51. The maximum Gasteiger partial charge on any atom is 0.484 e. The van der Waals surface area contributed by atoms with Gasteiger partial charge in [0.2, 0.25) is 0 Å². The zero-order valence-electron chi connectivity index (χ0n) is 8.65. The molecule has 0 fully saturated rings. The number of halogens is 3. The molecule has 94 valence electrons. The van der Waals surface area contributed by atoms with Crippen LogP contribution >= 0.6 is 0 Å². The van der Waals surface area contributed by atoms with Gasteiger partial charge in [0.15, 0.2) is 0 Å². The van der Waals surface area contributed by atoms with Crippen LogP contribution in [-0.2, 0) is 0 Å². The van der Waals surface area contributed by atoms with Crippen LogP contribution in [0.5, 0.6) is 0 Å². The minimum absolute atomic E-state index is 0.136. The first kappa shape index (κ1) is 13.2. The summed E-state index contributed by atoms with van der Waals surface area (Å²) < 4.78 is 37.8. The number of benzene rings is 1. The van der Waals surface area contributed by atoms with Crippen molar-refractivity contribution >= 4 is 11.4 Å². The molecular formula is C9H10F3N3O2. The van der Waals surface area contributed by atoms with Crippen molar-refractivity contribution in [1.29, 1.82) is 0 Å². The Labute approximate surface area is 94.8 Å². The van der Waals surface area contributed by atoms with Gasteiger partial charge in [-0.25, -0.2) is 0 Å². The second-order valence-corrected chi connectivity index (χ2v) is 3.18. The molecule has 0 aliphatic rings. The highest BCUT2D eigenvalue weighted by Gasteiger charge is 2.36. The average molecular weight is 249 g/mol. The van der Waals surface area contributed by atoms with Gasteiger partial charge in [-0.3, -0.25) is 15.0 Å². The summed E-state index contributed by atoms with van der Waals surface area (Å²) in [5.41, 5.74) is 4.66. The lowest BCUT2D eigenvalue weighted by molar-refractivity contribution is -0.384. The average Bonchev–Trinajstić information content (AvgIpc) is 2.24. The largest absolute Gasteiger partial charge is 0.484 e. The number of nitrogens with zero attached hydrogens (tertiary/aromatic N) is 2. The van der Waals surface area contributed by atoms with Gasteiger partial charge in [0, 0.05) is 30.9 Å². The summed E-state index contributed by atoms with van der Waals surface area (Å²) in [5, 5.41) is 10.4. The third-order valence-corrected chi connectivity index (χ3v) is 2.03. The molecule has 0 spiro atoms. The lowest BCUT2D eigenvalue weighted by atomic mass is 10.2. The molecule has 0 saturated carbocycles. The fraction of sp³-hybridized carbons (Fsp3) is 0.333. The van der Waals surface area contributed by atoms with E-state index in [0.29, 0.717) is 0 Å². The van der Waals surface area contributed by atoms with E-state index in [-0.39, 0.29) is 22.8 Å². The van der Waals surface area contributed by atoms with Crippen LogP contribution in [0.2, 0.25) is 0 Å². The highest BCUT2D eigenvalue weighted by Crippen LogP contribution is 2.29. The van der Waals surface area contributed by atoms with Gasteiger partial charge in [0.1, 0.15) is 0 Å². The van der Waals surface area contributed by atoms with Crippen LogP contribution in [0.3, 0.4) is 0 Å². The summed E-state index contributed by atoms with van der Waals surface area (Å²) in [7, 11) is 0. The smallest absolute Gasteiger partial charge is 0.329 e. The Morgan fingerprint density at radius 1 is 1.29 bits per heavy atom. The minimum atomic E-state index is -4.56. The molecule has 0 amide bonds. The maximum atomic E-state index is 12.6. The standard InChI is InChI=1S/C9H10F3N3O2/c10-9(11,12)14(6-5-13)7-1-3-8(4-2-7)15(16)17/h1-4H,5-6,13H2. The topological polar surface area (TPSA) is 72.4 Å². The fourth-order valence-corrected chi connectivity index (χ4v) is 1.29. The first-order valence-electron chi connectivity index (χ1n) is 4.65. The molecule has 0 radical (unpaired) electrons. The van der Waals surface area contributed by atoms with Gasteiger partial charge < -0.3 is 5.73 Å². The normalized spacial score (nSPS) is 11.3. The summed E-state index contributed by atoms with van der Waals surface area (Å²) in [6.07, 6.45) is -4.56. The Morgan fingerprint density at radius 3 is 2.18 bits per heavy atom. The van der Waals surface area contributed by atoms with Crippen molar-refractivity contribution in [3.05, 3.63) is 34.4 Å². The molecule has 0 atom stereocenters. The molecule has 0 heterocycles. The van der Waals surface area contributed by atoms with E-state index in [1.165, 1.54) is 0 Å². The maximum absolute atomic E-state index is 12.6. The first-order valence-corrected chi connectivity index (χ1v) is 4.65. The predicted molar refractivity (Wildman–Crippen MR) is 55.6 cm³/mol. The van der Waals surface area contributed by atoms with Crippen LogP contribution in [0.15, 0.2) is 24.3 Å². The van der Waals surface area contributed by atoms with Crippen molar-refractivity contribution in [3.63, 3.8) is 0 Å². The van der Waals surface area contributed by atoms with E-state index in [9.17, 15) is 23.3 Å². The summed E-state index contributed by atoms with van der Waals surface area (Å²) in [5.74, 6) is 0. The molecule has 1 aromatic rings. The van der Waals surface area contributed by atoms with E-state index in [1.54, 1.807) is 0 Å². The second kappa shape index (κ2) is 5.00.